The van der Waals surface area contributed by atoms with E-state index in [2.05, 4.69) is 22.1 Å². The van der Waals surface area contributed by atoms with Crippen LogP contribution in [0.4, 0.5) is 0 Å². The van der Waals surface area contributed by atoms with Crippen LogP contribution in [0.15, 0.2) is 16.8 Å². The molecule has 0 amide bonds. The van der Waals surface area contributed by atoms with Gasteiger partial charge in [0.05, 0.1) is 5.60 Å². The van der Waals surface area contributed by atoms with Crippen LogP contribution in [0.5, 0.6) is 0 Å². The molecule has 0 radical (unpaired) electrons. The highest BCUT2D eigenvalue weighted by Gasteiger charge is 2.39. The fourth-order valence-corrected chi connectivity index (χ4v) is 4.13. The fourth-order valence-electron chi connectivity index (χ4n) is 3.43. The first kappa shape index (κ1) is 12.6. The highest BCUT2D eigenvalue weighted by molar-refractivity contribution is 7.07. The summed E-state index contributed by atoms with van der Waals surface area (Å²) in [5.74, 6) is 0. The van der Waals surface area contributed by atoms with Crippen molar-refractivity contribution in [2.24, 2.45) is 0 Å². The molecule has 2 heterocycles. The molecule has 3 heteroatoms. The molecule has 1 unspecified atom stereocenters. The van der Waals surface area contributed by atoms with Gasteiger partial charge in [-0.25, -0.2) is 0 Å². The van der Waals surface area contributed by atoms with E-state index in [1.165, 1.54) is 44.1 Å². The Kier molecular flexibility index (Phi) is 4.02. The molecule has 0 bridgehead atoms. The standard InChI is InChI=1S/C15H23NOS/c1-2-7-15(6-1)11-14(4-9-17-15)16-8-3-13-5-10-18-12-13/h5,10,12,14,16H,1-4,6-9,11H2. The molecule has 1 aliphatic heterocycles. The van der Waals surface area contributed by atoms with Gasteiger partial charge in [0.1, 0.15) is 0 Å². The molecule has 1 aromatic rings. The molecule has 2 nitrogen and oxygen atoms in total. The lowest BCUT2D eigenvalue weighted by Gasteiger charge is -2.38. The number of rotatable bonds is 4. The molecule has 2 fully saturated rings. The van der Waals surface area contributed by atoms with E-state index in [-0.39, 0.29) is 5.60 Å². The van der Waals surface area contributed by atoms with E-state index in [4.69, 9.17) is 4.74 Å². The topological polar surface area (TPSA) is 21.3 Å². The quantitative estimate of drug-likeness (QED) is 0.901. The predicted molar refractivity (Wildman–Crippen MR) is 76.2 cm³/mol. The molecule has 2 aliphatic rings. The number of nitrogens with one attached hydrogen (secondary N) is 1. The first-order chi connectivity index (χ1) is 8.86. The van der Waals surface area contributed by atoms with Gasteiger partial charge in [0, 0.05) is 12.6 Å². The first-order valence-corrected chi connectivity index (χ1v) is 8.19. The molecule has 1 saturated carbocycles. The summed E-state index contributed by atoms with van der Waals surface area (Å²) in [6.45, 7) is 2.06. The van der Waals surface area contributed by atoms with Crippen molar-refractivity contribution in [1.29, 1.82) is 0 Å². The second kappa shape index (κ2) is 5.72. The van der Waals surface area contributed by atoms with E-state index in [0.717, 1.165) is 19.6 Å². The number of hydrogen-bond donors (Lipinski definition) is 1. The van der Waals surface area contributed by atoms with Gasteiger partial charge < -0.3 is 10.1 Å². The summed E-state index contributed by atoms with van der Waals surface area (Å²) in [5.41, 5.74) is 1.72. The van der Waals surface area contributed by atoms with Crippen molar-refractivity contribution < 1.29 is 4.74 Å². The van der Waals surface area contributed by atoms with Crippen LogP contribution in [0, 0.1) is 0 Å². The van der Waals surface area contributed by atoms with Crippen LogP contribution < -0.4 is 5.32 Å². The van der Waals surface area contributed by atoms with Crippen LogP contribution >= 0.6 is 11.3 Å². The van der Waals surface area contributed by atoms with E-state index in [1.54, 1.807) is 11.3 Å². The summed E-state index contributed by atoms with van der Waals surface area (Å²) in [7, 11) is 0. The van der Waals surface area contributed by atoms with Crippen LogP contribution in [-0.4, -0.2) is 24.8 Å². The normalized spacial score (nSPS) is 26.8. The zero-order valence-corrected chi connectivity index (χ0v) is 11.8. The van der Waals surface area contributed by atoms with Gasteiger partial charge in [-0.05, 0) is 61.0 Å². The predicted octanol–water partition coefficient (Wildman–Crippen LogP) is 3.37. The second-order valence-electron chi connectivity index (χ2n) is 5.76. The number of hydrogen-bond acceptors (Lipinski definition) is 3. The van der Waals surface area contributed by atoms with Crippen molar-refractivity contribution >= 4 is 11.3 Å². The number of thiophene rings is 1. The SMILES string of the molecule is c1cc(CCNC2CCOC3(CCCC3)C2)cs1. The average Bonchev–Trinajstić information content (AvgIpc) is 3.02. The van der Waals surface area contributed by atoms with Crippen molar-refractivity contribution in [2.75, 3.05) is 13.2 Å². The Morgan fingerprint density at radius 1 is 1.39 bits per heavy atom. The van der Waals surface area contributed by atoms with E-state index in [0.29, 0.717) is 6.04 Å². The molecule has 1 N–H and O–H groups in total. The Bertz CT molecular complexity index is 357. The molecular weight excluding hydrogens is 242 g/mol. The van der Waals surface area contributed by atoms with Gasteiger partial charge in [-0.15, -0.1) is 0 Å². The molecule has 1 spiro atoms. The van der Waals surface area contributed by atoms with E-state index in [1.807, 2.05) is 0 Å². The summed E-state index contributed by atoms with van der Waals surface area (Å²) in [5, 5.41) is 8.15. The molecule has 1 aliphatic carbocycles. The molecule has 1 aromatic heterocycles. The van der Waals surface area contributed by atoms with Crippen LogP contribution in [0.1, 0.15) is 44.1 Å². The van der Waals surface area contributed by atoms with Gasteiger partial charge in [-0.1, -0.05) is 12.8 Å². The first-order valence-electron chi connectivity index (χ1n) is 7.25. The third-order valence-corrected chi connectivity index (χ3v) is 5.17. The molecule has 1 saturated heterocycles. The van der Waals surface area contributed by atoms with Gasteiger partial charge in [-0.2, -0.15) is 11.3 Å². The van der Waals surface area contributed by atoms with Crippen molar-refractivity contribution in [3.8, 4) is 0 Å². The Hall–Kier alpha value is -0.380. The van der Waals surface area contributed by atoms with E-state index in [9.17, 15) is 0 Å². The monoisotopic (exact) mass is 265 g/mol. The van der Waals surface area contributed by atoms with E-state index >= 15 is 0 Å². The zero-order valence-electron chi connectivity index (χ0n) is 11.0. The van der Waals surface area contributed by atoms with Crippen LogP contribution in [0.25, 0.3) is 0 Å². The third kappa shape index (κ3) is 2.95. The van der Waals surface area contributed by atoms with Crippen molar-refractivity contribution in [1.82, 2.24) is 5.32 Å². The Balaban J connectivity index is 1.45. The van der Waals surface area contributed by atoms with Gasteiger partial charge in [-0.3, -0.25) is 0 Å². The highest BCUT2D eigenvalue weighted by atomic mass is 32.1. The van der Waals surface area contributed by atoms with Gasteiger partial charge in [0.2, 0.25) is 0 Å². The average molecular weight is 265 g/mol. The molecule has 0 aromatic carbocycles. The smallest absolute Gasteiger partial charge is 0.0697 e. The molecule has 18 heavy (non-hydrogen) atoms. The summed E-state index contributed by atoms with van der Waals surface area (Å²) in [6.07, 6.45) is 8.88. The minimum Gasteiger partial charge on any atom is -0.375 e. The molecule has 100 valence electrons. The lowest BCUT2D eigenvalue weighted by molar-refractivity contribution is -0.0834. The lowest BCUT2D eigenvalue weighted by atomic mass is 9.89. The van der Waals surface area contributed by atoms with Crippen LogP contribution in [0.2, 0.25) is 0 Å². The highest BCUT2D eigenvalue weighted by Crippen LogP contribution is 2.39. The maximum absolute atomic E-state index is 6.07. The molecular formula is C15H23NOS. The van der Waals surface area contributed by atoms with Crippen LogP contribution in [-0.2, 0) is 11.2 Å². The minimum absolute atomic E-state index is 0.248. The molecule has 3 rings (SSSR count). The number of ether oxygens (including phenoxy) is 1. The fraction of sp³-hybridized carbons (Fsp3) is 0.733. The largest absolute Gasteiger partial charge is 0.375 e. The van der Waals surface area contributed by atoms with Crippen molar-refractivity contribution in [3.63, 3.8) is 0 Å². The van der Waals surface area contributed by atoms with Gasteiger partial charge in [0.25, 0.3) is 0 Å². The van der Waals surface area contributed by atoms with Gasteiger partial charge >= 0.3 is 0 Å². The summed E-state index contributed by atoms with van der Waals surface area (Å²) < 4.78 is 6.07. The lowest BCUT2D eigenvalue weighted by Crippen LogP contribution is -2.46. The minimum atomic E-state index is 0.248. The second-order valence-corrected chi connectivity index (χ2v) is 6.54. The Morgan fingerprint density at radius 2 is 2.28 bits per heavy atom. The maximum atomic E-state index is 6.07. The summed E-state index contributed by atoms with van der Waals surface area (Å²) in [4.78, 5) is 0. The van der Waals surface area contributed by atoms with E-state index < -0.39 is 0 Å². The maximum Gasteiger partial charge on any atom is 0.0697 e. The van der Waals surface area contributed by atoms with Crippen molar-refractivity contribution in [2.45, 2.75) is 56.6 Å². The molecule has 1 atom stereocenters. The van der Waals surface area contributed by atoms with Gasteiger partial charge in [0.15, 0.2) is 0 Å². The third-order valence-electron chi connectivity index (χ3n) is 4.43. The Morgan fingerprint density at radius 3 is 3.06 bits per heavy atom. The van der Waals surface area contributed by atoms with Crippen molar-refractivity contribution in [3.05, 3.63) is 22.4 Å². The Labute approximate surface area is 114 Å². The summed E-state index contributed by atoms with van der Waals surface area (Å²) >= 11 is 1.79. The van der Waals surface area contributed by atoms with Crippen LogP contribution in [0.3, 0.4) is 0 Å². The summed E-state index contributed by atoms with van der Waals surface area (Å²) in [6, 6.07) is 2.91. The zero-order chi connectivity index (χ0) is 12.3.